The van der Waals surface area contributed by atoms with Gasteiger partial charge in [0.1, 0.15) is 0 Å². The Kier molecular flexibility index (Phi) is 5.93. The number of anilines is 1. The molecule has 4 aromatic rings. The van der Waals surface area contributed by atoms with Crippen LogP contribution in [0.5, 0.6) is 0 Å². The molecule has 0 unspecified atom stereocenters. The minimum atomic E-state index is -0.364. The standard InChI is InChI=1S/C24H24N6O2/c1-15(2)30-23-20(13-27-30)19(11-21(29-23)18-9-5-4-7-16(18)3)24(32)26-14-22(31)28-17-8-6-10-25-12-17/h4-13,15H,14H2,1-3H3,(H,26,32)(H,28,31). The number of nitrogens with zero attached hydrogens (tertiary/aromatic N) is 4. The van der Waals surface area contributed by atoms with E-state index in [1.165, 1.54) is 0 Å². The monoisotopic (exact) mass is 428 g/mol. The Labute approximate surface area is 185 Å². The fraction of sp³-hybridized carbons (Fsp3) is 0.208. The van der Waals surface area contributed by atoms with E-state index in [1.54, 1.807) is 41.5 Å². The van der Waals surface area contributed by atoms with E-state index in [0.29, 0.717) is 28.0 Å². The first-order valence-electron chi connectivity index (χ1n) is 10.4. The molecule has 3 heterocycles. The van der Waals surface area contributed by atoms with Gasteiger partial charge in [0.05, 0.1) is 41.3 Å². The molecule has 1 aromatic carbocycles. The number of aromatic nitrogens is 4. The van der Waals surface area contributed by atoms with Crippen molar-refractivity contribution in [3.8, 4) is 11.3 Å². The minimum Gasteiger partial charge on any atom is -0.343 e. The molecule has 162 valence electrons. The fourth-order valence-corrected chi connectivity index (χ4v) is 3.48. The van der Waals surface area contributed by atoms with Crippen LogP contribution in [0, 0.1) is 6.92 Å². The molecule has 2 N–H and O–H groups in total. The normalized spacial score (nSPS) is 11.0. The van der Waals surface area contributed by atoms with Gasteiger partial charge in [-0.15, -0.1) is 0 Å². The van der Waals surface area contributed by atoms with Gasteiger partial charge < -0.3 is 10.6 Å². The van der Waals surface area contributed by atoms with Gasteiger partial charge in [0.2, 0.25) is 5.91 Å². The van der Waals surface area contributed by atoms with Gasteiger partial charge in [-0.25, -0.2) is 9.67 Å². The zero-order valence-corrected chi connectivity index (χ0v) is 18.2. The lowest BCUT2D eigenvalue weighted by atomic mass is 10.0. The number of nitrogens with one attached hydrogen (secondary N) is 2. The van der Waals surface area contributed by atoms with Crippen molar-refractivity contribution in [2.75, 3.05) is 11.9 Å². The lowest BCUT2D eigenvalue weighted by Crippen LogP contribution is -2.33. The molecular formula is C24H24N6O2. The van der Waals surface area contributed by atoms with E-state index >= 15 is 0 Å². The molecule has 0 aliphatic heterocycles. The number of hydrogen-bond donors (Lipinski definition) is 2. The van der Waals surface area contributed by atoms with E-state index in [1.807, 2.05) is 45.0 Å². The molecule has 3 aromatic heterocycles. The molecule has 0 aliphatic rings. The van der Waals surface area contributed by atoms with Crippen LogP contribution in [0.2, 0.25) is 0 Å². The number of hydrogen-bond acceptors (Lipinski definition) is 5. The molecule has 32 heavy (non-hydrogen) atoms. The van der Waals surface area contributed by atoms with Crippen LogP contribution in [0.3, 0.4) is 0 Å². The van der Waals surface area contributed by atoms with Gasteiger partial charge in [0, 0.05) is 17.8 Å². The maximum atomic E-state index is 13.1. The van der Waals surface area contributed by atoms with Crippen molar-refractivity contribution < 1.29 is 9.59 Å². The molecule has 8 nitrogen and oxygen atoms in total. The number of carbonyl (C=O) groups excluding carboxylic acids is 2. The minimum absolute atomic E-state index is 0.0771. The third kappa shape index (κ3) is 4.34. The Bertz CT molecular complexity index is 1280. The molecule has 0 spiro atoms. The summed E-state index contributed by atoms with van der Waals surface area (Å²) in [6.07, 6.45) is 4.81. The van der Waals surface area contributed by atoms with Gasteiger partial charge in [-0.1, -0.05) is 24.3 Å². The highest BCUT2D eigenvalue weighted by atomic mass is 16.2. The van der Waals surface area contributed by atoms with Crippen molar-refractivity contribution in [3.05, 3.63) is 72.2 Å². The van der Waals surface area contributed by atoms with Crippen molar-refractivity contribution in [1.29, 1.82) is 0 Å². The molecule has 0 fully saturated rings. The van der Waals surface area contributed by atoms with E-state index in [4.69, 9.17) is 4.98 Å². The second kappa shape index (κ2) is 8.97. The Hall–Kier alpha value is -4.07. The van der Waals surface area contributed by atoms with Gasteiger partial charge in [0.25, 0.3) is 5.91 Å². The Morgan fingerprint density at radius 1 is 1.09 bits per heavy atom. The number of rotatable bonds is 6. The first kappa shape index (κ1) is 21.2. The smallest absolute Gasteiger partial charge is 0.252 e. The largest absolute Gasteiger partial charge is 0.343 e. The molecule has 4 rings (SSSR count). The SMILES string of the molecule is Cc1ccccc1-c1cc(C(=O)NCC(=O)Nc2cccnc2)c2cnn(C(C)C)c2n1. The van der Waals surface area contributed by atoms with E-state index in [9.17, 15) is 9.59 Å². The van der Waals surface area contributed by atoms with Crippen LogP contribution in [0.25, 0.3) is 22.3 Å². The number of aryl methyl sites for hydroxylation is 1. The number of pyridine rings is 2. The zero-order valence-electron chi connectivity index (χ0n) is 18.2. The van der Waals surface area contributed by atoms with Gasteiger partial charge >= 0.3 is 0 Å². The summed E-state index contributed by atoms with van der Waals surface area (Å²) in [5.74, 6) is -0.703. The molecule has 0 radical (unpaired) electrons. The van der Waals surface area contributed by atoms with Crippen LogP contribution >= 0.6 is 0 Å². The average Bonchev–Trinajstić information content (AvgIpc) is 3.22. The number of fused-ring (bicyclic) bond motifs is 1. The van der Waals surface area contributed by atoms with E-state index < -0.39 is 0 Å². The first-order chi connectivity index (χ1) is 15.4. The number of benzene rings is 1. The summed E-state index contributed by atoms with van der Waals surface area (Å²) in [6.45, 7) is 5.85. The van der Waals surface area contributed by atoms with Gasteiger partial charge in [0.15, 0.2) is 5.65 Å². The number of carbonyl (C=O) groups is 2. The summed E-state index contributed by atoms with van der Waals surface area (Å²) in [4.78, 5) is 34.1. The molecule has 0 saturated heterocycles. The van der Waals surface area contributed by atoms with Crippen LogP contribution in [0.1, 0.15) is 35.8 Å². The van der Waals surface area contributed by atoms with Crippen molar-refractivity contribution in [3.63, 3.8) is 0 Å². The zero-order chi connectivity index (χ0) is 22.7. The van der Waals surface area contributed by atoms with E-state index in [2.05, 4.69) is 20.7 Å². The lowest BCUT2D eigenvalue weighted by Gasteiger charge is -2.12. The predicted molar refractivity (Wildman–Crippen MR) is 123 cm³/mol. The maximum absolute atomic E-state index is 13.1. The molecule has 8 heteroatoms. The summed E-state index contributed by atoms with van der Waals surface area (Å²) in [5, 5.41) is 10.5. The quantitative estimate of drug-likeness (QED) is 0.487. The third-order valence-corrected chi connectivity index (χ3v) is 5.08. The molecular weight excluding hydrogens is 404 g/mol. The van der Waals surface area contributed by atoms with Crippen LogP contribution < -0.4 is 10.6 Å². The fourth-order valence-electron chi connectivity index (χ4n) is 3.48. The summed E-state index contributed by atoms with van der Waals surface area (Å²) < 4.78 is 1.79. The molecule has 0 aliphatic carbocycles. The highest BCUT2D eigenvalue weighted by Gasteiger charge is 2.19. The Morgan fingerprint density at radius 2 is 1.91 bits per heavy atom. The van der Waals surface area contributed by atoms with Crippen LogP contribution in [-0.4, -0.2) is 38.1 Å². The predicted octanol–water partition coefficient (Wildman–Crippen LogP) is 3.75. The molecule has 0 saturated carbocycles. The van der Waals surface area contributed by atoms with Crippen LogP contribution in [-0.2, 0) is 4.79 Å². The average molecular weight is 428 g/mol. The van der Waals surface area contributed by atoms with Gasteiger partial charge in [-0.3, -0.25) is 14.6 Å². The van der Waals surface area contributed by atoms with Crippen LogP contribution in [0.15, 0.2) is 61.1 Å². The van der Waals surface area contributed by atoms with Crippen molar-refractivity contribution in [1.82, 2.24) is 25.1 Å². The highest BCUT2D eigenvalue weighted by molar-refractivity contribution is 6.08. The second-order valence-corrected chi connectivity index (χ2v) is 7.76. The molecule has 0 bridgehead atoms. The Balaban J connectivity index is 1.65. The number of amides is 2. The van der Waals surface area contributed by atoms with E-state index in [0.717, 1.165) is 11.1 Å². The summed E-state index contributed by atoms with van der Waals surface area (Å²) in [5.41, 5.74) is 4.30. The van der Waals surface area contributed by atoms with Gasteiger partial charge in [-0.05, 0) is 44.5 Å². The van der Waals surface area contributed by atoms with Crippen molar-refractivity contribution in [2.45, 2.75) is 26.8 Å². The Morgan fingerprint density at radius 3 is 2.62 bits per heavy atom. The van der Waals surface area contributed by atoms with Crippen molar-refractivity contribution >= 4 is 28.5 Å². The topological polar surface area (TPSA) is 102 Å². The second-order valence-electron chi connectivity index (χ2n) is 7.76. The highest BCUT2D eigenvalue weighted by Crippen LogP contribution is 2.28. The summed E-state index contributed by atoms with van der Waals surface area (Å²) in [7, 11) is 0. The van der Waals surface area contributed by atoms with Crippen molar-refractivity contribution in [2.24, 2.45) is 0 Å². The van der Waals surface area contributed by atoms with Gasteiger partial charge in [-0.2, -0.15) is 5.10 Å². The lowest BCUT2D eigenvalue weighted by molar-refractivity contribution is -0.115. The summed E-state index contributed by atoms with van der Waals surface area (Å²) in [6, 6.07) is 13.2. The maximum Gasteiger partial charge on any atom is 0.252 e. The first-order valence-corrected chi connectivity index (χ1v) is 10.4. The van der Waals surface area contributed by atoms with E-state index in [-0.39, 0.29) is 24.4 Å². The third-order valence-electron chi connectivity index (χ3n) is 5.08. The molecule has 2 amide bonds. The molecule has 0 atom stereocenters. The summed E-state index contributed by atoms with van der Waals surface area (Å²) >= 11 is 0. The van der Waals surface area contributed by atoms with Crippen LogP contribution in [0.4, 0.5) is 5.69 Å².